The van der Waals surface area contributed by atoms with Gasteiger partial charge < -0.3 is 18.7 Å². The molecule has 307 valence electrons. The lowest BCUT2D eigenvalue weighted by Gasteiger charge is -2.25. The maximum Gasteiger partial charge on any atom is 0.198 e. The predicted octanol–water partition coefficient (Wildman–Crippen LogP) is 15.4. The number of fused-ring (bicyclic) bond motifs is 13. The third-order valence-corrected chi connectivity index (χ3v) is 14.8. The molecule has 0 saturated carbocycles. The highest BCUT2D eigenvalue weighted by atomic mass is 32.1. The average Bonchev–Trinajstić information content (AvgIpc) is 4.06. The third kappa shape index (κ3) is 5.48. The van der Waals surface area contributed by atoms with Crippen LogP contribution in [0.1, 0.15) is 52.7 Å². The fourth-order valence-corrected chi connectivity index (χ4v) is 11.6. The Kier molecular flexibility index (Phi) is 7.78. The van der Waals surface area contributed by atoms with Crippen LogP contribution in [0.15, 0.2) is 161 Å². The van der Waals surface area contributed by atoms with Crippen LogP contribution in [0.4, 0.5) is 11.4 Å². The average molecular weight is 844 g/mol. The maximum atomic E-state index is 6.62. The number of nitrogens with zero attached hydrogens (tertiary/aromatic N) is 1. The molecule has 5 heterocycles. The molecule has 4 aromatic heterocycles. The molecule has 0 atom stereocenters. The van der Waals surface area contributed by atoms with Crippen LogP contribution >= 0.6 is 11.3 Å². The van der Waals surface area contributed by atoms with Gasteiger partial charge >= 0.3 is 0 Å². The lowest BCUT2D eigenvalue weighted by molar-refractivity contribution is 0.590. The molecule has 0 spiro atoms. The van der Waals surface area contributed by atoms with Crippen molar-refractivity contribution < 1.29 is 8.83 Å². The van der Waals surface area contributed by atoms with Crippen LogP contribution in [-0.2, 0) is 10.8 Å². The minimum atomic E-state index is -0.0309. The van der Waals surface area contributed by atoms with Gasteiger partial charge in [-0.1, -0.05) is 132 Å². The van der Waals surface area contributed by atoms with E-state index in [0.717, 1.165) is 72.1 Å². The summed E-state index contributed by atoms with van der Waals surface area (Å²) in [6.07, 6.45) is 1.92. The lowest BCUT2D eigenvalue weighted by atomic mass is 9.58. The Bertz CT molecular complexity index is 3910. The molecule has 1 aliphatic rings. The zero-order valence-electron chi connectivity index (χ0n) is 36.7. The predicted molar refractivity (Wildman–Crippen MR) is 274 cm³/mol. The second-order valence-electron chi connectivity index (χ2n) is 19.6. The van der Waals surface area contributed by atoms with Crippen LogP contribution in [-0.4, -0.2) is 11.8 Å². The zero-order valence-corrected chi connectivity index (χ0v) is 37.5. The summed E-state index contributed by atoms with van der Waals surface area (Å²) in [6.45, 7) is 13.7. The van der Waals surface area contributed by atoms with Crippen LogP contribution in [0.3, 0.4) is 0 Å². The van der Waals surface area contributed by atoms with Crippen LogP contribution in [0, 0.1) is 0 Å². The molecule has 0 bridgehead atoms. The van der Waals surface area contributed by atoms with Crippen molar-refractivity contribution in [1.82, 2.24) is 4.57 Å². The van der Waals surface area contributed by atoms with Crippen LogP contribution < -0.4 is 16.2 Å². The normalized spacial score (nSPS) is 13.0. The van der Waals surface area contributed by atoms with Crippen LogP contribution in [0.25, 0.3) is 103 Å². The van der Waals surface area contributed by atoms with E-state index in [4.69, 9.17) is 8.83 Å². The molecule has 0 aliphatic carbocycles. The summed E-state index contributed by atoms with van der Waals surface area (Å²) in [5.41, 5.74) is 17.7. The summed E-state index contributed by atoms with van der Waals surface area (Å²) in [4.78, 5) is 0. The number of para-hydroxylation sites is 1. The smallest absolute Gasteiger partial charge is 0.198 e. The van der Waals surface area contributed by atoms with Gasteiger partial charge in [0, 0.05) is 75.7 Å². The summed E-state index contributed by atoms with van der Waals surface area (Å²) in [7, 11) is 2.44. The molecule has 0 saturated heterocycles. The van der Waals surface area contributed by atoms with Gasteiger partial charge in [0.2, 0.25) is 0 Å². The Balaban J connectivity index is 1.19. The van der Waals surface area contributed by atoms with Crippen molar-refractivity contribution in [2.45, 2.75) is 52.4 Å². The first-order valence-electron chi connectivity index (χ1n) is 22.2. The van der Waals surface area contributed by atoms with Gasteiger partial charge in [0.15, 0.2) is 7.28 Å². The molecule has 1 radical (unpaired) electrons. The Morgan fingerprint density at radius 1 is 0.578 bits per heavy atom. The molecule has 64 heavy (non-hydrogen) atoms. The zero-order chi connectivity index (χ0) is 43.2. The number of hydrogen-bond donors (Lipinski definition) is 1. The SMILES string of the molecule is CC(C)(C)c1ccc(Nc2cc3oc4ccccc4c3cc2-c2c3c4c(c5cc(C(C)(C)C)ccc5n4-c4cc5c(-c6ccccc6)coc5cc4[B]3)c3sc4ccccc4c23)cc1. The van der Waals surface area contributed by atoms with Crippen LogP contribution in [0.5, 0.6) is 0 Å². The third-order valence-electron chi connectivity index (χ3n) is 13.6. The van der Waals surface area contributed by atoms with Crippen molar-refractivity contribution in [3.8, 4) is 27.9 Å². The summed E-state index contributed by atoms with van der Waals surface area (Å²) >= 11 is 1.91. The first kappa shape index (κ1) is 37.5. The fraction of sp³-hybridized carbons (Fsp3) is 0.138. The number of furan rings is 2. The van der Waals surface area contributed by atoms with E-state index in [1.807, 2.05) is 17.6 Å². The van der Waals surface area contributed by atoms with Crippen molar-refractivity contribution in [3.63, 3.8) is 0 Å². The topological polar surface area (TPSA) is 43.2 Å². The first-order chi connectivity index (χ1) is 31.0. The van der Waals surface area contributed by atoms with Crippen molar-refractivity contribution in [2.75, 3.05) is 5.32 Å². The molecule has 8 aromatic carbocycles. The molecular formula is C58H44BN2O2S. The van der Waals surface area contributed by atoms with E-state index in [-0.39, 0.29) is 10.8 Å². The Labute approximate surface area is 376 Å². The monoisotopic (exact) mass is 843 g/mol. The molecule has 1 N–H and O–H groups in total. The quantitative estimate of drug-likeness (QED) is 0.180. The van der Waals surface area contributed by atoms with Gasteiger partial charge in [0.05, 0.1) is 23.0 Å². The highest BCUT2D eigenvalue weighted by Gasteiger charge is 2.33. The van der Waals surface area contributed by atoms with Gasteiger partial charge in [-0.15, -0.1) is 11.3 Å². The summed E-state index contributed by atoms with van der Waals surface area (Å²) in [5, 5.41) is 12.4. The standard InChI is InChI=1S/C58H44BN2O2S/c1-57(2,3)33-20-23-35(24-21-33)60-44-30-49-38(36-16-10-12-18-47(36)63-49)27-40(44)51-52-37-17-11-13-19-50(37)64-56(52)53-41-26-34(58(4,5)6)22-25-45(41)61-46-28-39-42(32-14-8-7-9-15-32)31-62-48(39)29-43(46)59-54(51)55(53)61/h7-31,60H,1-6H3. The maximum absolute atomic E-state index is 6.62. The van der Waals surface area contributed by atoms with E-state index in [1.54, 1.807) is 0 Å². The highest BCUT2D eigenvalue weighted by Crippen LogP contribution is 2.50. The number of aromatic nitrogens is 1. The van der Waals surface area contributed by atoms with Crippen molar-refractivity contribution in [3.05, 3.63) is 163 Å². The first-order valence-corrected chi connectivity index (χ1v) is 23.0. The van der Waals surface area contributed by atoms with E-state index in [9.17, 15) is 0 Å². The second-order valence-corrected chi connectivity index (χ2v) is 20.7. The number of benzene rings is 8. The van der Waals surface area contributed by atoms with E-state index in [2.05, 4.69) is 204 Å². The van der Waals surface area contributed by atoms with Gasteiger partial charge in [-0.25, -0.2) is 0 Å². The molecule has 4 nitrogen and oxygen atoms in total. The Morgan fingerprint density at radius 2 is 1.31 bits per heavy atom. The molecule has 0 fully saturated rings. The number of nitrogens with one attached hydrogen (secondary N) is 1. The van der Waals surface area contributed by atoms with Crippen molar-refractivity contribution in [2.24, 2.45) is 0 Å². The summed E-state index contributed by atoms with van der Waals surface area (Å²) in [6, 6.07) is 53.3. The summed E-state index contributed by atoms with van der Waals surface area (Å²) < 4.78 is 18.2. The molecule has 12 aromatic rings. The summed E-state index contributed by atoms with van der Waals surface area (Å²) in [5.74, 6) is 0. The highest BCUT2D eigenvalue weighted by molar-refractivity contribution is 7.27. The van der Waals surface area contributed by atoms with Gasteiger partial charge in [-0.3, -0.25) is 0 Å². The van der Waals surface area contributed by atoms with Gasteiger partial charge in [-0.2, -0.15) is 0 Å². The number of anilines is 2. The minimum Gasteiger partial charge on any atom is -0.464 e. The van der Waals surface area contributed by atoms with Gasteiger partial charge in [0.25, 0.3) is 0 Å². The van der Waals surface area contributed by atoms with Crippen molar-refractivity contribution >= 4 is 116 Å². The largest absolute Gasteiger partial charge is 0.464 e. The Morgan fingerprint density at radius 3 is 2.11 bits per heavy atom. The van der Waals surface area contributed by atoms with E-state index in [0.29, 0.717) is 0 Å². The molecule has 1 aliphatic heterocycles. The van der Waals surface area contributed by atoms with Crippen molar-refractivity contribution in [1.29, 1.82) is 0 Å². The molecule has 13 rings (SSSR count). The number of rotatable bonds is 4. The van der Waals surface area contributed by atoms with E-state index in [1.165, 1.54) is 64.1 Å². The van der Waals surface area contributed by atoms with Gasteiger partial charge in [0.1, 0.15) is 16.7 Å². The number of thiophene rings is 1. The fourth-order valence-electron chi connectivity index (χ4n) is 10.3. The lowest BCUT2D eigenvalue weighted by Crippen LogP contribution is -2.37. The molecule has 0 unspecified atom stereocenters. The minimum absolute atomic E-state index is 0.0309. The molecule has 6 heteroatoms. The Hall–Kier alpha value is -7.02. The van der Waals surface area contributed by atoms with Crippen LogP contribution in [0.2, 0.25) is 0 Å². The molecular weight excluding hydrogens is 800 g/mol. The molecule has 0 amide bonds. The second kappa shape index (κ2) is 13.3. The van der Waals surface area contributed by atoms with E-state index < -0.39 is 0 Å². The number of hydrogen-bond acceptors (Lipinski definition) is 4. The van der Waals surface area contributed by atoms with Gasteiger partial charge in [-0.05, 0) is 93.1 Å². The van der Waals surface area contributed by atoms with E-state index >= 15 is 0 Å².